The second-order valence-corrected chi connectivity index (χ2v) is 9.70. The largest absolute Gasteiger partial charge is 0.434 e. The number of fused-ring (bicyclic) bond motifs is 1. The molecule has 2 aromatic carbocycles. The zero-order valence-corrected chi connectivity index (χ0v) is 20.4. The number of halogens is 3. The van der Waals surface area contributed by atoms with Crippen molar-refractivity contribution in [3.05, 3.63) is 74.4 Å². The number of aryl methyl sites for hydroxylation is 1. The number of hydrogen-bond donors (Lipinski definition) is 0. The Labute approximate surface area is 199 Å². The van der Waals surface area contributed by atoms with Crippen LogP contribution in [0.1, 0.15) is 36.4 Å². The number of pyridine rings is 1. The van der Waals surface area contributed by atoms with Crippen molar-refractivity contribution < 1.29 is 9.21 Å². The van der Waals surface area contributed by atoms with Gasteiger partial charge < -0.3 is 4.42 Å². The SMILES string of the molecule is Cc1c(C(=O)CC(C)C)oc2nc(-c3ccc(Br)cc3Cl)c(-c3ccc(Cl)cc3)cc12. The first-order valence-corrected chi connectivity index (χ1v) is 11.5. The smallest absolute Gasteiger partial charge is 0.227 e. The normalized spacial score (nSPS) is 11.5. The van der Waals surface area contributed by atoms with Gasteiger partial charge in [-0.15, -0.1) is 0 Å². The Morgan fingerprint density at radius 2 is 1.77 bits per heavy atom. The van der Waals surface area contributed by atoms with Gasteiger partial charge in [-0.1, -0.05) is 71.2 Å². The Hall–Kier alpha value is -2.14. The topological polar surface area (TPSA) is 43.1 Å². The highest BCUT2D eigenvalue weighted by Crippen LogP contribution is 2.39. The lowest BCUT2D eigenvalue weighted by molar-refractivity contribution is 0.0941. The van der Waals surface area contributed by atoms with E-state index in [0.29, 0.717) is 33.6 Å². The van der Waals surface area contributed by atoms with E-state index < -0.39 is 0 Å². The predicted molar refractivity (Wildman–Crippen MR) is 131 cm³/mol. The summed E-state index contributed by atoms with van der Waals surface area (Å²) in [6.45, 7) is 5.93. The number of nitrogens with zero attached hydrogens (tertiary/aromatic N) is 1. The summed E-state index contributed by atoms with van der Waals surface area (Å²) in [5, 5.41) is 2.03. The van der Waals surface area contributed by atoms with Gasteiger partial charge in [0.15, 0.2) is 11.5 Å². The Bertz CT molecular complexity index is 1290. The molecule has 4 rings (SSSR count). The summed E-state index contributed by atoms with van der Waals surface area (Å²) in [6, 6.07) is 15.3. The summed E-state index contributed by atoms with van der Waals surface area (Å²) < 4.78 is 6.84. The highest BCUT2D eigenvalue weighted by Gasteiger charge is 2.22. The molecule has 158 valence electrons. The zero-order valence-electron chi connectivity index (χ0n) is 17.3. The number of carbonyl (C=O) groups is 1. The molecule has 0 bridgehead atoms. The third-order valence-corrected chi connectivity index (χ3v) is 6.18. The van der Waals surface area contributed by atoms with E-state index in [1.807, 2.05) is 69.3 Å². The molecule has 2 aromatic heterocycles. The lowest BCUT2D eigenvalue weighted by Gasteiger charge is -2.11. The molecule has 4 aromatic rings. The molecule has 0 atom stereocenters. The van der Waals surface area contributed by atoms with E-state index >= 15 is 0 Å². The maximum Gasteiger partial charge on any atom is 0.227 e. The van der Waals surface area contributed by atoms with Crippen LogP contribution in [0.4, 0.5) is 0 Å². The lowest BCUT2D eigenvalue weighted by Crippen LogP contribution is -2.03. The van der Waals surface area contributed by atoms with Crippen molar-refractivity contribution in [2.24, 2.45) is 5.92 Å². The molecular weight excluding hydrogens is 497 g/mol. The van der Waals surface area contributed by atoms with Gasteiger partial charge in [0.2, 0.25) is 5.71 Å². The van der Waals surface area contributed by atoms with Gasteiger partial charge in [-0.2, -0.15) is 0 Å². The van der Waals surface area contributed by atoms with E-state index in [4.69, 9.17) is 32.6 Å². The van der Waals surface area contributed by atoms with E-state index in [0.717, 1.165) is 32.1 Å². The summed E-state index contributed by atoms with van der Waals surface area (Å²) in [5.74, 6) is 0.605. The number of hydrogen-bond acceptors (Lipinski definition) is 3. The number of benzene rings is 2. The summed E-state index contributed by atoms with van der Waals surface area (Å²) in [7, 11) is 0. The number of Topliss-reactive ketones (excluding diaryl/α,β-unsaturated/α-hetero) is 1. The first-order chi connectivity index (χ1) is 14.7. The molecule has 0 N–H and O–H groups in total. The van der Waals surface area contributed by atoms with E-state index in [1.54, 1.807) is 0 Å². The standard InChI is InChI=1S/C25H20BrCl2NO2/c1-13(2)10-22(30)24-14(3)19-12-20(15-4-7-17(27)8-5-15)23(29-25(19)31-24)18-9-6-16(26)11-21(18)28/h4-9,11-13H,10H2,1-3H3. The molecule has 31 heavy (non-hydrogen) atoms. The molecule has 0 spiro atoms. The van der Waals surface area contributed by atoms with Gasteiger partial charge in [-0.3, -0.25) is 4.79 Å². The Morgan fingerprint density at radius 3 is 2.42 bits per heavy atom. The molecule has 6 heteroatoms. The molecule has 3 nitrogen and oxygen atoms in total. The summed E-state index contributed by atoms with van der Waals surface area (Å²) >= 11 is 16.1. The molecule has 0 unspecified atom stereocenters. The van der Waals surface area contributed by atoms with Crippen molar-refractivity contribution in [2.45, 2.75) is 27.2 Å². The van der Waals surface area contributed by atoms with Crippen LogP contribution in [0.3, 0.4) is 0 Å². The van der Waals surface area contributed by atoms with Crippen LogP contribution in [0.25, 0.3) is 33.5 Å². The monoisotopic (exact) mass is 515 g/mol. The molecular formula is C25H20BrCl2NO2. The fourth-order valence-corrected chi connectivity index (χ4v) is 4.49. The molecule has 0 saturated carbocycles. The van der Waals surface area contributed by atoms with Crippen molar-refractivity contribution >= 4 is 56.0 Å². The fraction of sp³-hybridized carbons (Fsp3) is 0.200. The van der Waals surface area contributed by atoms with Gasteiger partial charge in [-0.05, 0) is 48.7 Å². The Kier molecular flexibility index (Phi) is 6.25. The first-order valence-electron chi connectivity index (χ1n) is 9.93. The van der Waals surface area contributed by atoms with Crippen LogP contribution in [-0.4, -0.2) is 10.8 Å². The minimum absolute atomic E-state index is 0.0123. The lowest BCUT2D eigenvalue weighted by atomic mass is 9.97. The maximum absolute atomic E-state index is 12.7. The Morgan fingerprint density at radius 1 is 1.06 bits per heavy atom. The van der Waals surface area contributed by atoms with Gasteiger partial charge >= 0.3 is 0 Å². The highest BCUT2D eigenvalue weighted by molar-refractivity contribution is 9.10. The van der Waals surface area contributed by atoms with Crippen LogP contribution in [-0.2, 0) is 0 Å². The molecule has 0 saturated heterocycles. The second kappa shape index (κ2) is 8.78. The minimum atomic E-state index is -0.0123. The quantitative estimate of drug-likeness (QED) is 0.249. The average Bonchev–Trinajstić information content (AvgIpc) is 3.03. The van der Waals surface area contributed by atoms with Gasteiger partial charge in [-0.25, -0.2) is 4.98 Å². The van der Waals surface area contributed by atoms with Gasteiger partial charge in [0.05, 0.1) is 10.7 Å². The number of carbonyl (C=O) groups excluding carboxylic acids is 1. The minimum Gasteiger partial charge on any atom is -0.434 e. The maximum atomic E-state index is 12.7. The van der Waals surface area contributed by atoms with E-state index in [9.17, 15) is 4.79 Å². The van der Waals surface area contributed by atoms with E-state index in [-0.39, 0.29) is 11.7 Å². The van der Waals surface area contributed by atoms with Crippen LogP contribution < -0.4 is 0 Å². The number of rotatable bonds is 5. The van der Waals surface area contributed by atoms with Crippen LogP contribution in [0.5, 0.6) is 0 Å². The molecule has 0 amide bonds. The fourth-order valence-electron chi connectivity index (χ4n) is 3.60. The number of furan rings is 1. The van der Waals surface area contributed by atoms with Crippen LogP contribution in [0.2, 0.25) is 10.0 Å². The van der Waals surface area contributed by atoms with Gasteiger partial charge in [0.25, 0.3) is 0 Å². The van der Waals surface area contributed by atoms with Crippen LogP contribution in [0, 0.1) is 12.8 Å². The summed E-state index contributed by atoms with van der Waals surface area (Å²) in [4.78, 5) is 17.5. The third-order valence-electron chi connectivity index (χ3n) is 5.12. The molecule has 2 heterocycles. The second-order valence-electron chi connectivity index (χ2n) is 7.95. The van der Waals surface area contributed by atoms with Crippen molar-refractivity contribution in [3.8, 4) is 22.4 Å². The highest BCUT2D eigenvalue weighted by atomic mass is 79.9. The van der Waals surface area contributed by atoms with Crippen molar-refractivity contribution in [1.29, 1.82) is 0 Å². The molecule has 0 aliphatic rings. The van der Waals surface area contributed by atoms with Gasteiger partial charge in [0, 0.05) is 38.0 Å². The third kappa shape index (κ3) is 4.43. The van der Waals surface area contributed by atoms with Gasteiger partial charge in [0.1, 0.15) is 0 Å². The molecule has 0 aliphatic carbocycles. The van der Waals surface area contributed by atoms with E-state index in [2.05, 4.69) is 15.9 Å². The average molecular weight is 517 g/mol. The molecule has 0 fully saturated rings. The van der Waals surface area contributed by atoms with Crippen LogP contribution in [0.15, 0.2) is 57.4 Å². The molecule has 0 radical (unpaired) electrons. The summed E-state index contributed by atoms with van der Waals surface area (Å²) in [5.41, 5.74) is 4.53. The Balaban J connectivity index is 1.98. The van der Waals surface area contributed by atoms with Crippen molar-refractivity contribution in [2.75, 3.05) is 0 Å². The van der Waals surface area contributed by atoms with Crippen molar-refractivity contribution in [3.63, 3.8) is 0 Å². The first kappa shape index (κ1) is 22.1. The van der Waals surface area contributed by atoms with Crippen LogP contribution >= 0.6 is 39.1 Å². The summed E-state index contributed by atoms with van der Waals surface area (Å²) in [6.07, 6.45) is 0.427. The van der Waals surface area contributed by atoms with E-state index in [1.165, 1.54) is 0 Å². The van der Waals surface area contributed by atoms with Crippen molar-refractivity contribution in [1.82, 2.24) is 4.98 Å². The molecule has 0 aliphatic heterocycles. The predicted octanol–water partition coefficient (Wildman–Crippen LogP) is 8.77. The number of ketones is 1. The number of aromatic nitrogens is 1. The zero-order chi connectivity index (χ0) is 22.3.